The van der Waals surface area contributed by atoms with Gasteiger partial charge in [-0.2, -0.15) is 0 Å². The number of carbonyl (C=O) groups is 2. The Morgan fingerprint density at radius 1 is 1.26 bits per heavy atom. The van der Waals surface area contributed by atoms with Gasteiger partial charge in [0.25, 0.3) is 0 Å². The number of nitrogens with zero attached hydrogens (tertiary/aromatic N) is 1. The van der Waals surface area contributed by atoms with Crippen LogP contribution in [0.5, 0.6) is 0 Å². The lowest BCUT2D eigenvalue weighted by Gasteiger charge is -2.38. The molecule has 0 spiro atoms. The summed E-state index contributed by atoms with van der Waals surface area (Å²) in [4.78, 5) is 25.0. The van der Waals surface area contributed by atoms with Crippen LogP contribution in [0.15, 0.2) is 0 Å². The minimum Gasteiger partial charge on any atom is -0.465 e. The Hall–Kier alpha value is -1.10. The summed E-state index contributed by atoms with van der Waals surface area (Å²) in [6.45, 7) is 13.4. The van der Waals surface area contributed by atoms with Gasteiger partial charge in [-0.3, -0.25) is 9.59 Å². The lowest BCUT2D eigenvalue weighted by molar-refractivity contribution is -0.153. The number of ether oxygens (including phenoxy) is 1. The van der Waals surface area contributed by atoms with E-state index in [2.05, 4.69) is 0 Å². The molecule has 0 rings (SSSR count). The molecule has 0 aliphatic rings. The number of rotatable bonds is 6. The molecule has 2 N–H and O–H groups in total. The topological polar surface area (TPSA) is 72.6 Å². The van der Waals surface area contributed by atoms with E-state index in [1.54, 1.807) is 13.8 Å². The van der Waals surface area contributed by atoms with Crippen molar-refractivity contribution < 1.29 is 14.3 Å². The second kappa shape index (κ2) is 9.78. The lowest BCUT2D eigenvalue weighted by atomic mass is 9.98. The molecule has 19 heavy (non-hydrogen) atoms. The van der Waals surface area contributed by atoms with Crippen LogP contribution >= 0.6 is 0 Å². The molecule has 0 aromatic carbocycles. The highest BCUT2D eigenvalue weighted by atomic mass is 16.5. The van der Waals surface area contributed by atoms with Gasteiger partial charge >= 0.3 is 5.97 Å². The molecule has 0 heterocycles. The summed E-state index contributed by atoms with van der Waals surface area (Å²) >= 11 is 0. The number of esters is 1. The quantitative estimate of drug-likeness (QED) is 0.751. The van der Waals surface area contributed by atoms with Gasteiger partial charge in [-0.1, -0.05) is 20.8 Å². The first-order valence-corrected chi connectivity index (χ1v) is 6.99. The normalized spacial score (nSPS) is 12.0. The molecule has 0 aromatic heterocycles. The number of carbonyl (C=O) groups excluding carboxylic acids is 2. The molecule has 1 amide bonds. The molecule has 0 bridgehead atoms. The zero-order chi connectivity index (χ0) is 15.6. The SMILES string of the molecule is CC.CCOC(=O)CN(C(=O)C(C)N)C(C)(C)CC. The highest BCUT2D eigenvalue weighted by molar-refractivity contribution is 5.86. The van der Waals surface area contributed by atoms with Crippen LogP contribution in [-0.2, 0) is 14.3 Å². The van der Waals surface area contributed by atoms with Gasteiger partial charge in [0, 0.05) is 5.54 Å². The highest BCUT2D eigenvalue weighted by Gasteiger charge is 2.32. The Kier molecular flexibility index (Phi) is 10.4. The van der Waals surface area contributed by atoms with E-state index in [9.17, 15) is 9.59 Å². The van der Waals surface area contributed by atoms with Crippen molar-refractivity contribution in [2.75, 3.05) is 13.2 Å². The standard InChI is InChI=1S/C12H24N2O3.C2H6/c1-6-12(4,5)14(11(16)9(3)13)8-10(15)17-7-2;1-2/h9H,6-8,13H2,1-5H3;1-2H3. The summed E-state index contributed by atoms with van der Waals surface area (Å²) < 4.78 is 4.87. The van der Waals surface area contributed by atoms with Crippen molar-refractivity contribution in [3.63, 3.8) is 0 Å². The Morgan fingerprint density at radius 3 is 2.05 bits per heavy atom. The Balaban J connectivity index is 0. The maximum absolute atomic E-state index is 12.0. The molecule has 0 aromatic rings. The molecule has 0 aliphatic carbocycles. The van der Waals surface area contributed by atoms with Gasteiger partial charge in [0.05, 0.1) is 12.6 Å². The Bertz CT molecular complexity index is 276. The minimum atomic E-state index is -0.616. The first kappa shape index (κ1) is 20.2. The molecular formula is C14H30N2O3. The molecule has 0 aliphatic heterocycles. The maximum atomic E-state index is 12.0. The summed E-state index contributed by atoms with van der Waals surface area (Å²) in [5.41, 5.74) is 5.19. The van der Waals surface area contributed by atoms with E-state index in [0.29, 0.717) is 6.61 Å². The average Bonchev–Trinajstić information content (AvgIpc) is 2.37. The summed E-state index contributed by atoms with van der Waals surface area (Å²) in [6, 6.07) is -0.616. The first-order valence-electron chi connectivity index (χ1n) is 6.99. The van der Waals surface area contributed by atoms with Gasteiger partial charge in [-0.15, -0.1) is 0 Å². The predicted octanol–water partition coefficient (Wildman–Crippen LogP) is 1.94. The van der Waals surface area contributed by atoms with Crippen molar-refractivity contribution in [2.45, 2.75) is 66.5 Å². The predicted molar refractivity (Wildman–Crippen MR) is 77.7 cm³/mol. The lowest BCUT2D eigenvalue weighted by Crippen LogP contribution is -2.54. The zero-order valence-corrected chi connectivity index (χ0v) is 13.4. The van der Waals surface area contributed by atoms with E-state index in [1.165, 1.54) is 4.90 Å². The van der Waals surface area contributed by atoms with Gasteiger partial charge in [0.2, 0.25) is 5.91 Å². The molecule has 114 valence electrons. The first-order chi connectivity index (χ1) is 8.76. The van der Waals surface area contributed by atoms with Crippen LogP contribution in [0.3, 0.4) is 0 Å². The number of amides is 1. The summed E-state index contributed by atoms with van der Waals surface area (Å²) in [6.07, 6.45) is 0.741. The van der Waals surface area contributed by atoms with E-state index in [4.69, 9.17) is 10.5 Å². The van der Waals surface area contributed by atoms with Crippen LogP contribution in [0.1, 0.15) is 54.9 Å². The van der Waals surface area contributed by atoms with Gasteiger partial charge in [-0.25, -0.2) is 0 Å². The Morgan fingerprint density at radius 2 is 1.74 bits per heavy atom. The smallest absolute Gasteiger partial charge is 0.325 e. The van der Waals surface area contributed by atoms with Crippen LogP contribution in [0.25, 0.3) is 0 Å². The van der Waals surface area contributed by atoms with Gasteiger partial charge in [0.15, 0.2) is 0 Å². The van der Waals surface area contributed by atoms with E-state index in [-0.39, 0.29) is 12.5 Å². The largest absolute Gasteiger partial charge is 0.465 e. The van der Waals surface area contributed by atoms with Crippen molar-refractivity contribution in [2.24, 2.45) is 5.73 Å². The van der Waals surface area contributed by atoms with E-state index in [1.807, 2.05) is 34.6 Å². The Labute approximate surface area is 117 Å². The third-order valence-corrected chi connectivity index (χ3v) is 2.84. The van der Waals surface area contributed by atoms with Crippen molar-refractivity contribution in [3.8, 4) is 0 Å². The summed E-state index contributed by atoms with van der Waals surface area (Å²) in [7, 11) is 0. The zero-order valence-electron chi connectivity index (χ0n) is 13.4. The second-order valence-corrected chi connectivity index (χ2v) is 4.68. The fraction of sp³-hybridized carbons (Fsp3) is 0.857. The van der Waals surface area contributed by atoms with Crippen molar-refractivity contribution >= 4 is 11.9 Å². The molecule has 0 fully saturated rings. The average molecular weight is 274 g/mol. The van der Waals surface area contributed by atoms with E-state index < -0.39 is 17.6 Å². The molecule has 0 saturated carbocycles. The monoisotopic (exact) mass is 274 g/mol. The summed E-state index contributed by atoms with van der Waals surface area (Å²) in [5.74, 6) is -0.632. The second-order valence-electron chi connectivity index (χ2n) is 4.68. The molecule has 0 radical (unpaired) electrons. The summed E-state index contributed by atoms with van der Waals surface area (Å²) in [5, 5.41) is 0. The molecular weight excluding hydrogens is 244 g/mol. The van der Waals surface area contributed by atoms with Crippen LogP contribution in [0.4, 0.5) is 0 Å². The van der Waals surface area contributed by atoms with Crippen molar-refractivity contribution in [3.05, 3.63) is 0 Å². The van der Waals surface area contributed by atoms with Crippen LogP contribution in [0.2, 0.25) is 0 Å². The highest BCUT2D eigenvalue weighted by Crippen LogP contribution is 2.19. The van der Waals surface area contributed by atoms with Gasteiger partial charge in [-0.05, 0) is 34.1 Å². The molecule has 5 heteroatoms. The number of hydrogen-bond donors (Lipinski definition) is 1. The van der Waals surface area contributed by atoms with Crippen molar-refractivity contribution in [1.29, 1.82) is 0 Å². The maximum Gasteiger partial charge on any atom is 0.325 e. The number of nitrogens with two attached hydrogens (primary N) is 1. The third-order valence-electron chi connectivity index (χ3n) is 2.84. The van der Waals surface area contributed by atoms with Crippen molar-refractivity contribution in [1.82, 2.24) is 4.90 Å². The molecule has 1 atom stereocenters. The van der Waals surface area contributed by atoms with E-state index in [0.717, 1.165) is 6.42 Å². The van der Waals surface area contributed by atoms with E-state index >= 15 is 0 Å². The van der Waals surface area contributed by atoms with Crippen LogP contribution < -0.4 is 5.73 Å². The third kappa shape index (κ3) is 7.15. The van der Waals surface area contributed by atoms with Gasteiger partial charge < -0.3 is 15.4 Å². The number of hydrogen-bond acceptors (Lipinski definition) is 4. The molecule has 0 saturated heterocycles. The fourth-order valence-corrected chi connectivity index (χ4v) is 1.36. The van der Waals surface area contributed by atoms with Crippen LogP contribution in [-0.4, -0.2) is 41.5 Å². The molecule has 1 unspecified atom stereocenters. The molecule has 5 nitrogen and oxygen atoms in total. The fourth-order valence-electron chi connectivity index (χ4n) is 1.36. The van der Waals surface area contributed by atoms with Gasteiger partial charge in [0.1, 0.15) is 6.54 Å². The minimum absolute atomic E-state index is 0.0466. The van der Waals surface area contributed by atoms with Crippen LogP contribution in [0, 0.1) is 0 Å².